The highest BCUT2D eigenvalue weighted by atomic mass is 13.9. The Morgan fingerprint density at radius 1 is 1.29 bits per heavy atom. The molecule has 0 saturated carbocycles. The van der Waals surface area contributed by atoms with Crippen molar-refractivity contribution < 1.29 is 0 Å². The van der Waals surface area contributed by atoms with E-state index in [0.29, 0.717) is 0 Å². The van der Waals surface area contributed by atoms with E-state index in [9.17, 15) is 0 Å². The minimum absolute atomic E-state index is 1.07. The van der Waals surface area contributed by atoms with Crippen LogP contribution < -0.4 is 0 Å². The van der Waals surface area contributed by atoms with Crippen molar-refractivity contribution >= 4 is 0 Å². The Morgan fingerprint density at radius 3 is 3.29 bits per heavy atom. The molecule has 0 atom stereocenters. The maximum atomic E-state index is 3.26. The molecule has 0 unspecified atom stereocenters. The lowest BCUT2D eigenvalue weighted by molar-refractivity contribution is 0.833. The molecule has 0 bridgehead atoms. The molecular formula is C7H10. The highest BCUT2D eigenvalue weighted by Gasteiger charge is 1.89. The van der Waals surface area contributed by atoms with E-state index in [0.717, 1.165) is 6.42 Å². The van der Waals surface area contributed by atoms with Gasteiger partial charge in [0.1, 0.15) is 0 Å². The summed E-state index contributed by atoms with van der Waals surface area (Å²) in [6, 6.07) is 0. The number of rotatable bonds is 0. The maximum Gasteiger partial charge on any atom is -0.0133 e. The fourth-order valence-electron chi connectivity index (χ4n) is 0.731. The Morgan fingerprint density at radius 2 is 2.29 bits per heavy atom. The average Bonchev–Trinajstić information content (AvgIpc) is 1.90. The molecule has 0 N–H and O–H groups in total. The third-order valence-corrected chi connectivity index (χ3v) is 1.15. The van der Waals surface area contributed by atoms with Crippen LogP contribution in [0.15, 0.2) is 12.2 Å². The van der Waals surface area contributed by atoms with E-state index >= 15 is 0 Å². The van der Waals surface area contributed by atoms with E-state index < -0.39 is 0 Å². The summed E-state index contributed by atoms with van der Waals surface area (Å²) in [6.45, 7) is 0. The Kier molecular flexibility index (Phi) is 1.98. The second-order valence-electron chi connectivity index (χ2n) is 1.82. The Hall–Kier alpha value is -0.260. The van der Waals surface area contributed by atoms with Crippen molar-refractivity contribution in [3.8, 4) is 0 Å². The summed E-state index contributed by atoms with van der Waals surface area (Å²) in [5, 5.41) is 0. The first-order valence-electron chi connectivity index (χ1n) is 2.86. The van der Waals surface area contributed by atoms with Gasteiger partial charge in [0.05, 0.1) is 0 Å². The predicted molar refractivity (Wildman–Crippen MR) is 30.9 cm³/mol. The van der Waals surface area contributed by atoms with Crippen molar-refractivity contribution in [3.05, 3.63) is 18.6 Å². The summed E-state index contributed by atoms with van der Waals surface area (Å²) in [5.41, 5.74) is 0. The second-order valence-corrected chi connectivity index (χ2v) is 1.82. The van der Waals surface area contributed by atoms with Crippen molar-refractivity contribution in [2.45, 2.75) is 25.7 Å². The third-order valence-electron chi connectivity index (χ3n) is 1.15. The molecule has 38 valence electrons. The molecular weight excluding hydrogens is 84.1 g/mol. The first-order chi connectivity index (χ1) is 3.50. The monoisotopic (exact) mass is 94.1 g/mol. The highest BCUT2D eigenvalue weighted by Crippen LogP contribution is 2.07. The van der Waals surface area contributed by atoms with Gasteiger partial charge in [-0.2, -0.15) is 0 Å². The van der Waals surface area contributed by atoms with Crippen LogP contribution in [-0.2, 0) is 0 Å². The quantitative estimate of drug-likeness (QED) is 0.404. The van der Waals surface area contributed by atoms with Gasteiger partial charge in [-0.25, -0.2) is 0 Å². The Bertz CT molecular complexity index is 54.4. The molecule has 0 amide bonds. The number of allylic oxidation sites excluding steroid dienone is 2. The topological polar surface area (TPSA) is 0 Å². The van der Waals surface area contributed by atoms with E-state index in [2.05, 4.69) is 18.6 Å². The molecule has 0 aromatic heterocycles. The molecule has 7 heavy (non-hydrogen) atoms. The zero-order valence-electron chi connectivity index (χ0n) is 4.48. The van der Waals surface area contributed by atoms with Gasteiger partial charge in [-0.05, 0) is 32.1 Å². The molecule has 1 aliphatic carbocycles. The molecule has 0 spiro atoms. The van der Waals surface area contributed by atoms with Gasteiger partial charge in [0.2, 0.25) is 0 Å². The van der Waals surface area contributed by atoms with Crippen LogP contribution in [0.1, 0.15) is 25.7 Å². The van der Waals surface area contributed by atoms with Gasteiger partial charge in [-0.15, -0.1) is 0 Å². The smallest absolute Gasteiger partial charge is 0.0133 e. The average molecular weight is 94.2 g/mol. The zero-order chi connectivity index (χ0) is 4.95. The minimum atomic E-state index is 1.07. The lowest BCUT2D eigenvalue weighted by atomic mass is 10.2. The van der Waals surface area contributed by atoms with Crippen molar-refractivity contribution in [1.29, 1.82) is 0 Å². The molecule has 2 radical (unpaired) electrons. The van der Waals surface area contributed by atoms with Crippen LogP contribution in [0.2, 0.25) is 0 Å². The van der Waals surface area contributed by atoms with Crippen LogP contribution in [0, 0.1) is 6.42 Å². The van der Waals surface area contributed by atoms with Gasteiger partial charge >= 0.3 is 0 Å². The second kappa shape index (κ2) is 2.84. The number of hydrogen-bond acceptors (Lipinski definition) is 0. The predicted octanol–water partition coefficient (Wildman–Crippen LogP) is 2.20. The molecule has 0 aliphatic heterocycles. The standard InChI is InChI=1S/C7H10/c1-2-4-6-7-5-3-1/h1-2H,3-5,7H2. The fourth-order valence-corrected chi connectivity index (χ4v) is 0.731. The molecule has 0 aromatic rings. The summed E-state index contributed by atoms with van der Waals surface area (Å²) in [7, 11) is 0. The van der Waals surface area contributed by atoms with Crippen LogP contribution in [0.4, 0.5) is 0 Å². The molecule has 0 fully saturated rings. The van der Waals surface area contributed by atoms with Gasteiger partial charge in [0, 0.05) is 0 Å². The van der Waals surface area contributed by atoms with Crippen LogP contribution in [0.25, 0.3) is 0 Å². The summed E-state index contributed by atoms with van der Waals surface area (Å²) < 4.78 is 0. The van der Waals surface area contributed by atoms with E-state index in [1.165, 1.54) is 19.3 Å². The summed E-state index contributed by atoms with van der Waals surface area (Å²) in [4.78, 5) is 0. The van der Waals surface area contributed by atoms with E-state index in [1.807, 2.05) is 0 Å². The van der Waals surface area contributed by atoms with Crippen molar-refractivity contribution in [2.24, 2.45) is 0 Å². The molecule has 1 aliphatic rings. The molecule has 0 aromatic carbocycles. The van der Waals surface area contributed by atoms with Crippen molar-refractivity contribution in [3.63, 3.8) is 0 Å². The largest absolute Gasteiger partial charge is 0.0885 e. The van der Waals surface area contributed by atoms with E-state index in [1.54, 1.807) is 0 Å². The van der Waals surface area contributed by atoms with Crippen LogP contribution >= 0.6 is 0 Å². The van der Waals surface area contributed by atoms with Gasteiger partial charge < -0.3 is 0 Å². The Labute approximate surface area is 45.2 Å². The van der Waals surface area contributed by atoms with Crippen LogP contribution in [0.5, 0.6) is 0 Å². The summed E-state index contributed by atoms with van der Waals surface area (Å²) in [5.74, 6) is 0. The van der Waals surface area contributed by atoms with Gasteiger partial charge in [0.15, 0.2) is 0 Å². The first-order valence-corrected chi connectivity index (χ1v) is 2.86. The molecule has 0 heteroatoms. The lowest BCUT2D eigenvalue weighted by Crippen LogP contribution is -1.68. The molecule has 0 nitrogen and oxygen atoms in total. The fraction of sp³-hybridized carbons (Fsp3) is 0.571. The van der Waals surface area contributed by atoms with Gasteiger partial charge in [0.25, 0.3) is 0 Å². The third kappa shape index (κ3) is 1.77. The number of hydrogen-bond donors (Lipinski definition) is 0. The van der Waals surface area contributed by atoms with Crippen LogP contribution in [0.3, 0.4) is 0 Å². The molecule has 0 saturated heterocycles. The summed E-state index contributed by atoms with van der Waals surface area (Å²) in [6.07, 6.45) is 12.5. The van der Waals surface area contributed by atoms with E-state index in [-0.39, 0.29) is 0 Å². The summed E-state index contributed by atoms with van der Waals surface area (Å²) >= 11 is 0. The van der Waals surface area contributed by atoms with Gasteiger partial charge in [-0.3, -0.25) is 0 Å². The van der Waals surface area contributed by atoms with E-state index in [4.69, 9.17) is 0 Å². The van der Waals surface area contributed by atoms with Crippen molar-refractivity contribution in [1.82, 2.24) is 0 Å². The minimum Gasteiger partial charge on any atom is -0.0885 e. The molecule has 1 rings (SSSR count). The highest BCUT2D eigenvalue weighted by molar-refractivity contribution is 4.90. The first kappa shape index (κ1) is 4.89. The molecule has 0 heterocycles. The normalized spacial score (nSPS) is 21.7. The lowest BCUT2D eigenvalue weighted by Gasteiger charge is -1.85. The maximum absolute atomic E-state index is 3.26. The van der Waals surface area contributed by atoms with Crippen molar-refractivity contribution in [2.75, 3.05) is 0 Å². The SMILES string of the molecule is [C]1CC=CCCC1. The van der Waals surface area contributed by atoms with Crippen LogP contribution in [-0.4, -0.2) is 0 Å². The zero-order valence-corrected chi connectivity index (χ0v) is 4.48. The Balaban J connectivity index is 2.20. The van der Waals surface area contributed by atoms with Gasteiger partial charge in [-0.1, -0.05) is 12.2 Å².